The zero-order valence-corrected chi connectivity index (χ0v) is 20.8. The number of hydrogen-bond donors (Lipinski definition) is 1. The Morgan fingerprint density at radius 1 is 1.18 bits per heavy atom. The number of sulfonamides is 1. The van der Waals surface area contributed by atoms with E-state index in [1.165, 1.54) is 30.3 Å². The number of carbonyl (C=O) groups excluding carboxylic acids is 1. The van der Waals surface area contributed by atoms with Gasteiger partial charge in [-0.1, -0.05) is 27.2 Å². The van der Waals surface area contributed by atoms with Gasteiger partial charge in [0.15, 0.2) is 11.2 Å². The summed E-state index contributed by atoms with van der Waals surface area (Å²) in [5.41, 5.74) is -0.634. The van der Waals surface area contributed by atoms with E-state index >= 15 is 0 Å². The van der Waals surface area contributed by atoms with E-state index in [2.05, 4.69) is 9.97 Å². The van der Waals surface area contributed by atoms with E-state index in [0.717, 1.165) is 12.8 Å². The number of aromatic amines is 1. The number of carbonyl (C=O) groups is 1. The number of fused-ring (bicyclic) bond motifs is 1. The van der Waals surface area contributed by atoms with Crippen molar-refractivity contribution in [3.8, 4) is 0 Å². The third-order valence-corrected chi connectivity index (χ3v) is 7.72. The van der Waals surface area contributed by atoms with Crippen LogP contribution in [0.25, 0.3) is 11.2 Å². The van der Waals surface area contributed by atoms with Crippen LogP contribution >= 0.6 is 0 Å². The molecule has 0 spiro atoms. The molecule has 0 saturated heterocycles. The smallest absolute Gasteiger partial charge is 0.355 e. The summed E-state index contributed by atoms with van der Waals surface area (Å²) in [6.07, 6.45) is 2.95. The van der Waals surface area contributed by atoms with Crippen molar-refractivity contribution in [2.45, 2.75) is 51.7 Å². The molecule has 0 bridgehead atoms. The summed E-state index contributed by atoms with van der Waals surface area (Å²) >= 11 is 0. The quantitative estimate of drug-likeness (QED) is 0.414. The number of rotatable bonds is 10. The Morgan fingerprint density at radius 3 is 2.47 bits per heavy atom. The topological polar surface area (TPSA) is 141 Å². The largest absolute Gasteiger partial charge is 0.453 e. The summed E-state index contributed by atoms with van der Waals surface area (Å²) in [4.78, 5) is 44.0. The van der Waals surface area contributed by atoms with E-state index in [0.29, 0.717) is 19.6 Å². The number of aryl methyl sites for hydroxylation is 3. The van der Waals surface area contributed by atoms with Crippen molar-refractivity contribution in [2.24, 2.45) is 14.1 Å². The minimum Gasteiger partial charge on any atom is -0.453 e. The Balaban J connectivity index is 1.88. The van der Waals surface area contributed by atoms with E-state index in [1.54, 1.807) is 27.9 Å². The molecule has 0 atom stereocenters. The minimum atomic E-state index is -3.73. The van der Waals surface area contributed by atoms with Gasteiger partial charge < -0.3 is 13.9 Å². The number of nitrogens with one attached hydrogen (secondary N) is 1. The summed E-state index contributed by atoms with van der Waals surface area (Å²) in [6, 6.07) is 1.28. The molecule has 12 nitrogen and oxygen atoms in total. The average molecular weight is 495 g/mol. The first-order chi connectivity index (χ1) is 16.1. The SMILES string of the molecule is CCCCn1c(=O)[nH]c(=O)c2c1nc(COC(=O)c1cc(S(=O)(=O)N(CC)CC)cn1C)n2C. The number of hydrogen-bond acceptors (Lipinski definition) is 7. The van der Waals surface area contributed by atoms with Crippen LogP contribution in [0.15, 0.2) is 26.7 Å². The molecule has 0 aliphatic rings. The molecule has 3 rings (SSSR count). The van der Waals surface area contributed by atoms with Gasteiger partial charge in [0.1, 0.15) is 23.0 Å². The number of ether oxygens (including phenoxy) is 1. The highest BCUT2D eigenvalue weighted by Gasteiger charge is 2.26. The van der Waals surface area contributed by atoms with Crippen LogP contribution < -0.4 is 11.2 Å². The molecule has 0 aliphatic heterocycles. The van der Waals surface area contributed by atoms with Crippen LogP contribution in [0.5, 0.6) is 0 Å². The molecular formula is C21H30N6O6S. The highest BCUT2D eigenvalue weighted by Crippen LogP contribution is 2.19. The van der Waals surface area contributed by atoms with Gasteiger partial charge in [-0.3, -0.25) is 14.3 Å². The van der Waals surface area contributed by atoms with Crippen LogP contribution in [-0.2, 0) is 42.0 Å². The normalized spacial score (nSPS) is 12.1. The van der Waals surface area contributed by atoms with E-state index in [9.17, 15) is 22.8 Å². The molecule has 3 heterocycles. The lowest BCUT2D eigenvalue weighted by Gasteiger charge is -2.17. The van der Waals surface area contributed by atoms with Crippen molar-refractivity contribution < 1.29 is 17.9 Å². The molecule has 0 fully saturated rings. The van der Waals surface area contributed by atoms with Crippen LogP contribution in [0.1, 0.15) is 49.9 Å². The van der Waals surface area contributed by atoms with Crippen molar-refractivity contribution >= 4 is 27.2 Å². The molecule has 1 N–H and O–H groups in total. The Kier molecular flexibility index (Phi) is 7.46. The summed E-state index contributed by atoms with van der Waals surface area (Å²) < 4.78 is 36.5. The third-order valence-electron chi connectivity index (χ3n) is 5.71. The number of unbranched alkanes of at least 4 members (excludes halogenated alkanes) is 1. The summed E-state index contributed by atoms with van der Waals surface area (Å²) in [7, 11) is -0.580. The second-order valence-electron chi connectivity index (χ2n) is 7.86. The van der Waals surface area contributed by atoms with E-state index in [1.807, 2.05) is 6.92 Å². The van der Waals surface area contributed by atoms with Gasteiger partial charge in [-0.05, 0) is 12.5 Å². The van der Waals surface area contributed by atoms with Crippen molar-refractivity contribution in [1.29, 1.82) is 0 Å². The van der Waals surface area contributed by atoms with Crippen LogP contribution in [0.2, 0.25) is 0 Å². The number of H-pyrrole nitrogens is 1. The standard InChI is InChI=1S/C21H30N6O6S/c1-6-9-10-27-18-17(19(28)23-21(27)30)25(5)16(22-18)13-33-20(29)15-11-14(12-24(15)4)34(31,32)26(7-2)8-3/h11-12H,6-10,13H2,1-5H3,(H,23,28,30). The van der Waals surface area contributed by atoms with Gasteiger partial charge in [-0.2, -0.15) is 4.31 Å². The number of aromatic nitrogens is 5. The fourth-order valence-electron chi connectivity index (χ4n) is 3.74. The molecule has 3 aromatic rings. The fraction of sp³-hybridized carbons (Fsp3) is 0.524. The number of nitrogens with zero attached hydrogens (tertiary/aromatic N) is 5. The lowest BCUT2D eigenvalue weighted by molar-refractivity contribution is 0.0448. The zero-order chi connectivity index (χ0) is 25.2. The Labute approximate surface area is 196 Å². The number of esters is 1. The maximum Gasteiger partial charge on any atom is 0.355 e. The molecule has 0 unspecified atom stereocenters. The minimum absolute atomic E-state index is 0.000134. The highest BCUT2D eigenvalue weighted by molar-refractivity contribution is 7.89. The molecule has 0 amide bonds. The number of imidazole rings is 1. The second kappa shape index (κ2) is 9.97. The second-order valence-corrected chi connectivity index (χ2v) is 9.80. The van der Waals surface area contributed by atoms with Gasteiger partial charge in [0.25, 0.3) is 5.56 Å². The predicted molar refractivity (Wildman–Crippen MR) is 125 cm³/mol. The zero-order valence-electron chi connectivity index (χ0n) is 20.0. The maximum absolute atomic E-state index is 12.8. The van der Waals surface area contributed by atoms with Crippen LogP contribution in [0, 0.1) is 0 Å². The highest BCUT2D eigenvalue weighted by atomic mass is 32.2. The maximum atomic E-state index is 12.8. The van der Waals surface area contributed by atoms with E-state index in [-0.39, 0.29) is 34.2 Å². The lowest BCUT2D eigenvalue weighted by atomic mass is 10.3. The van der Waals surface area contributed by atoms with Crippen LogP contribution in [0.4, 0.5) is 0 Å². The van der Waals surface area contributed by atoms with E-state index in [4.69, 9.17) is 4.74 Å². The van der Waals surface area contributed by atoms with Gasteiger partial charge in [-0.15, -0.1) is 0 Å². The summed E-state index contributed by atoms with van der Waals surface area (Å²) in [6.45, 7) is 6.21. The Hall–Kier alpha value is -3.19. The van der Waals surface area contributed by atoms with Gasteiger partial charge in [0, 0.05) is 39.9 Å². The average Bonchev–Trinajstić information content (AvgIpc) is 3.33. The Morgan fingerprint density at radius 2 is 1.85 bits per heavy atom. The van der Waals surface area contributed by atoms with Crippen molar-refractivity contribution in [3.05, 3.63) is 44.6 Å². The van der Waals surface area contributed by atoms with Crippen molar-refractivity contribution in [1.82, 2.24) is 28.0 Å². The molecule has 0 aliphatic carbocycles. The fourth-order valence-corrected chi connectivity index (χ4v) is 5.27. The summed E-state index contributed by atoms with van der Waals surface area (Å²) in [5, 5.41) is 0. The van der Waals surface area contributed by atoms with Gasteiger partial charge in [-0.25, -0.2) is 23.0 Å². The molecule has 0 saturated carbocycles. The van der Waals surface area contributed by atoms with Crippen LogP contribution in [0.3, 0.4) is 0 Å². The lowest BCUT2D eigenvalue weighted by Crippen LogP contribution is -2.31. The molecule has 13 heteroatoms. The van der Waals surface area contributed by atoms with Gasteiger partial charge in [0.2, 0.25) is 10.0 Å². The predicted octanol–water partition coefficient (Wildman–Crippen LogP) is 0.949. The van der Waals surface area contributed by atoms with Crippen LogP contribution in [-0.4, -0.2) is 55.5 Å². The molecule has 186 valence electrons. The molecular weight excluding hydrogens is 464 g/mol. The first kappa shape index (κ1) is 25.4. The molecule has 0 radical (unpaired) electrons. The first-order valence-electron chi connectivity index (χ1n) is 11.1. The molecule has 3 aromatic heterocycles. The molecule has 34 heavy (non-hydrogen) atoms. The third kappa shape index (κ3) is 4.57. The Bertz CT molecular complexity index is 1420. The van der Waals surface area contributed by atoms with Gasteiger partial charge in [0.05, 0.1) is 0 Å². The first-order valence-corrected chi connectivity index (χ1v) is 12.5. The monoisotopic (exact) mass is 494 g/mol. The van der Waals surface area contributed by atoms with Crippen molar-refractivity contribution in [2.75, 3.05) is 13.1 Å². The summed E-state index contributed by atoms with van der Waals surface area (Å²) in [5.74, 6) is -0.470. The van der Waals surface area contributed by atoms with Crippen molar-refractivity contribution in [3.63, 3.8) is 0 Å². The van der Waals surface area contributed by atoms with E-state index < -0.39 is 27.2 Å². The van der Waals surface area contributed by atoms with Gasteiger partial charge >= 0.3 is 11.7 Å². The molecule has 0 aromatic carbocycles.